The molecule has 178 valence electrons. The number of hydrogen-bond donors (Lipinski definition) is 1. The van der Waals surface area contributed by atoms with E-state index in [1.165, 1.54) is 12.1 Å². The van der Waals surface area contributed by atoms with E-state index in [1.54, 1.807) is 12.1 Å². The van der Waals surface area contributed by atoms with Crippen LogP contribution in [0.15, 0.2) is 58.8 Å². The topological polar surface area (TPSA) is 63.4 Å². The Kier molecular flexibility index (Phi) is 7.38. The van der Waals surface area contributed by atoms with Crippen molar-refractivity contribution in [2.45, 2.75) is 46.3 Å². The highest BCUT2D eigenvalue weighted by molar-refractivity contribution is 7.80. The Bertz CT molecular complexity index is 1190. The van der Waals surface area contributed by atoms with Gasteiger partial charge in [0.05, 0.1) is 17.7 Å². The van der Waals surface area contributed by atoms with Crippen LogP contribution in [0.2, 0.25) is 0 Å². The Morgan fingerprint density at radius 3 is 2.65 bits per heavy atom. The van der Waals surface area contributed by atoms with E-state index in [0.29, 0.717) is 30.0 Å². The number of rotatable bonds is 8. The van der Waals surface area contributed by atoms with E-state index in [-0.39, 0.29) is 18.0 Å². The zero-order valence-electron chi connectivity index (χ0n) is 19.8. The maximum absolute atomic E-state index is 13.6. The summed E-state index contributed by atoms with van der Waals surface area (Å²) in [6.45, 7) is 9.38. The molecule has 0 amide bonds. The van der Waals surface area contributed by atoms with Crippen LogP contribution in [0.25, 0.3) is 17.0 Å². The molecule has 3 aromatic rings. The van der Waals surface area contributed by atoms with Gasteiger partial charge in [-0.2, -0.15) is 4.98 Å². The largest absolute Gasteiger partial charge is 0.379 e. The fraction of sp³-hybridized carbons (Fsp3) is 0.346. The number of nitrogens with one attached hydrogen (secondary N) is 1. The van der Waals surface area contributed by atoms with Gasteiger partial charge >= 0.3 is 0 Å². The van der Waals surface area contributed by atoms with Gasteiger partial charge < -0.3 is 19.5 Å². The Labute approximate surface area is 204 Å². The van der Waals surface area contributed by atoms with Crippen molar-refractivity contribution >= 4 is 22.9 Å². The Morgan fingerprint density at radius 1 is 1.18 bits per heavy atom. The van der Waals surface area contributed by atoms with Gasteiger partial charge in [-0.1, -0.05) is 41.1 Å². The molecule has 34 heavy (non-hydrogen) atoms. The van der Waals surface area contributed by atoms with Gasteiger partial charge in [0.25, 0.3) is 5.89 Å². The predicted octanol–water partition coefficient (Wildman–Crippen LogP) is 5.66. The highest BCUT2D eigenvalue weighted by atomic mass is 32.1. The molecule has 1 atom stereocenters. The summed E-state index contributed by atoms with van der Waals surface area (Å²) in [4.78, 5) is 6.76. The van der Waals surface area contributed by atoms with E-state index in [0.717, 1.165) is 34.4 Å². The lowest BCUT2D eigenvalue weighted by molar-refractivity contribution is 0.0749. The second kappa shape index (κ2) is 10.4. The number of benzene rings is 2. The zero-order chi connectivity index (χ0) is 24.2. The van der Waals surface area contributed by atoms with Crippen LogP contribution in [0.1, 0.15) is 50.3 Å². The van der Waals surface area contributed by atoms with Crippen LogP contribution in [-0.4, -0.2) is 39.4 Å². The van der Waals surface area contributed by atoms with Crippen molar-refractivity contribution in [1.82, 2.24) is 20.4 Å². The van der Waals surface area contributed by atoms with Crippen molar-refractivity contribution in [3.8, 4) is 11.4 Å². The minimum atomic E-state index is -0.345. The molecule has 0 radical (unpaired) electrons. The van der Waals surface area contributed by atoms with Crippen molar-refractivity contribution in [3.63, 3.8) is 0 Å². The molecular weight excluding hydrogens is 451 g/mol. The molecule has 8 heteroatoms. The lowest BCUT2D eigenvalue weighted by atomic mass is 9.94. The van der Waals surface area contributed by atoms with E-state index >= 15 is 0 Å². The number of nitrogens with zero attached hydrogens (tertiary/aromatic N) is 3. The van der Waals surface area contributed by atoms with Gasteiger partial charge in [0.2, 0.25) is 5.82 Å². The van der Waals surface area contributed by atoms with Crippen molar-refractivity contribution < 1.29 is 13.7 Å². The molecule has 0 spiro atoms. The molecule has 0 fully saturated rings. The second-order valence-electron chi connectivity index (χ2n) is 8.65. The average molecular weight is 481 g/mol. The fourth-order valence-electron chi connectivity index (χ4n) is 4.01. The van der Waals surface area contributed by atoms with Gasteiger partial charge in [-0.15, -0.1) is 0 Å². The molecule has 1 aliphatic rings. The molecule has 0 aliphatic carbocycles. The molecule has 2 heterocycles. The SMILES string of the molecule is CC1=C(c2nc(-c3cccc(C)c3)no2)C(c2ccc(F)cc2)NC(=S)N1CCCOC(C)C. The van der Waals surface area contributed by atoms with Gasteiger partial charge in [-0.25, -0.2) is 4.39 Å². The maximum atomic E-state index is 13.6. The van der Waals surface area contributed by atoms with Crippen molar-refractivity contribution in [2.75, 3.05) is 13.2 Å². The lowest BCUT2D eigenvalue weighted by Gasteiger charge is -2.37. The van der Waals surface area contributed by atoms with Gasteiger partial charge in [0.15, 0.2) is 5.11 Å². The molecule has 0 saturated heterocycles. The lowest BCUT2D eigenvalue weighted by Crippen LogP contribution is -2.46. The molecule has 6 nitrogen and oxygen atoms in total. The Morgan fingerprint density at radius 2 is 1.94 bits per heavy atom. The third-order valence-electron chi connectivity index (χ3n) is 5.71. The third kappa shape index (κ3) is 5.34. The molecule has 1 aliphatic heterocycles. The number of aryl methyl sites for hydroxylation is 1. The summed E-state index contributed by atoms with van der Waals surface area (Å²) in [6.07, 6.45) is 0.990. The Balaban J connectivity index is 1.71. The third-order valence-corrected chi connectivity index (χ3v) is 6.05. The van der Waals surface area contributed by atoms with Crippen molar-refractivity contribution in [1.29, 1.82) is 0 Å². The number of ether oxygens (including phenoxy) is 1. The van der Waals surface area contributed by atoms with Gasteiger partial charge in [0.1, 0.15) is 5.82 Å². The van der Waals surface area contributed by atoms with E-state index in [1.807, 2.05) is 56.9 Å². The standard InChI is InChI=1S/C26H29FN4O2S/c1-16(2)32-14-6-13-31-18(4)22(23(28-26(31)34)19-9-11-21(27)12-10-19)25-29-24(30-33-25)20-8-5-7-17(3)15-20/h5,7-12,15-16,23H,6,13-14H2,1-4H3,(H,28,34). The Hall–Kier alpha value is -3.10. The van der Waals surface area contributed by atoms with Gasteiger partial charge in [-0.3, -0.25) is 0 Å². The summed E-state index contributed by atoms with van der Waals surface area (Å²) >= 11 is 5.71. The summed E-state index contributed by atoms with van der Waals surface area (Å²) in [7, 11) is 0. The van der Waals surface area contributed by atoms with E-state index in [4.69, 9.17) is 26.5 Å². The minimum absolute atomic E-state index is 0.180. The summed E-state index contributed by atoms with van der Waals surface area (Å²) < 4.78 is 25.1. The molecule has 0 bridgehead atoms. The van der Waals surface area contributed by atoms with E-state index < -0.39 is 0 Å². The zero-order valence-corrected chi connectivity index (χ0v) is 20.7. The first-order chi connectivity index (χ1) is 16.3. The van der Waals surface area contributed by atoms with Crippen LogP contribution in [0.3, 0.4) is 0 Å². The average Bonchev–Trinajstić information content (AvgIpc) is 3.28. The fourth-order valence-corrected chi connectivity index (χ4v) is 4.35. The minimum Gasteiger partial charge on any atom is -0.379 e. The first-order valence-corrected chi connectivity index (χ1v) is 11.8. The smallest absolute Gasteiger partial charge is 0.258 e. The summed E-state index contributed by atoms with van der Waals surface area (Å²) in [5.41, 5.74) is 4.59. The highest BCUT2D eigenvalue weighted by Crippen LogP contribution is 2.37. The monoisotopic (exact) mass is 480 g/mol. The summed E-state index contributed by atoms with van der Waals surface area (Å²) in [5, 5.41) is 8.23. The van der Waals surface area contributed by atoms with Crippen molar-refractivity contribution in [2.24, 2.45) is 0 Å². The predicted molar refractivity (Wildman–Crippen MR) is 134 cm³/mol. The molecule has 1 N–H and O–H groups in total. The van der Waals surface area contributed by atoms with E-state index in [2.05, 4.69) is 10.5 Å². The molecule has 2 aromatic carbocycles. The van der Waals surface area contributed by atoms with Gasteiger partial charge in [-0.05, 0) is 70.1 Å². The van der Waals surface area contributed by atoms with Crippen LogP contribution < -0.4 is 5.32 Å². The van der Waals surface area contributed by atoms with E-state index in [9.17, 15) is 4.39 Å². The molecule has 4 rings (SSSR count). The molecule has 1 aromatic heterocycles. The quantitative estimate of drug-likeness (QED) is 0.330. The van der Waals surface area contributed by atoms with Crippen LogP contribution in [0.5, 0.6) is 0 Å². The number of hydrogen-bond acceptors (Lipinski definition) is 5. The molecular formula is C26H29FN4O2S. The maximum Gasteiger partial charge on any atom is 0.258 e. The van der Waals surface area contributed by atoms with Crippen LogP contribution in [-0.2, 0) is 4.74 Å². The number of aromatic nitrogens is 2. The second-order valence-corrected chi connectivity index (χ2v) is 9.04. The first-order valence-electron chi connectivity index (χ1n) is 11.4. The first kappa shape index (κ1) is 24.0. The summed E-state index contributed by atoms with van der Waals surface area (Å²) in [5.74, 6) is 0.624. The van der Waals surface area contributed by atoms with Crippen LogP contribution in [0.4, 0.5) is 4.39 Å². The highest BCUT2D eigenvalue weighted by Gasteiger charge is 2.34. The molecule has 0 saturated carbocycles. The van der Waals surface area contributed by atoms with Crippen molar-refractivity contribution in [3.05, 3.63) is 77.1 Å². The van der Waals surface area contributed by atoms with Crippen LogP contribution in [0, 0.1) is 12.7 Å². The normalized spacial score (nSPS) is 16.4. The number of allylic oxidation sites excluding steroid dienone is 1. The van der Waals surface area contributed by atoms with Crippen LogP contribution >= 0.6 is 12.2 Å². The molecule has 1 unspecified atom stereocenters. The summed E-state index contributed by atoms with van der Waals surface area (Å²) in [6, 6.07) is 14.0. The number of thiocarbonyl (C=S) groups is 1. The number of halogens is 1. The van der Waals surface area contributed by atoms with Gasteiger partial charge in [0, 0.05) is 24.4 Å².